The van der Waals surface area contributed by atoms with Crippen molar-refractivity contribution in [2.45, 2.75) is 17.7 Å². The largest absolute Gasteiger partial charge is 0.378 e. The van der Waals surface area contributed by atoms with Crippen molar-refractivity contribution in [2.24, 2.45) is 5.73 Å². The van der Waals surface area contributed by atoms with Gasteiger partial charge in [0, 0.05) is 12.1 Å². The zero-order valence-corrected chi connectivity index (χ0v) is 13.6. The van der Waals surface area contributed by atoms with Crippen LogP contribution in [0.3, 0.4) is 0 Å². The van der Waals surface area contributed by atoms with Crippen LogP contribution in [-0.2, 0) is 21.3 Å². The van der Waals surface area contributed by atoms with E-state index < -0.39 is 26.7 Å². The molecule has 2 aromatic rings. The van der Waals surface area contributed by atoms with E-state index in [1.165, 1.54) is 24.3 Å². The Kier molecular flexibility index (Phi) is 4.17. The Balaban J connectivity index is 2.01. The van der Waals surface area contributed by atoms with Crippen molar-refractivity contribution in [2.75, 3.05) is 5.32 Å². The maximum absolute atomic E-state index is 14.3. The molecule has 0 saturated heterocycles. The first-order chi connectivity index (χ1) is 11.8. The van der Waals surface area contributed by atoms with Crippen molar-refractivity contribution in [3.63, 3.8) is 0 Å². The van der Waals surface area contributed by atoms with E-state index in [-0.39, 0.29) is 35.7 Å². The van der Waals surface area contributed by atoms with Gasteiger partial charge in [0.15, 0.2) is 5.75 Å². The highest BCUT2D eigenvalue weighted by atomic mass is 32.2. The average Bonchev–Trinajstić information content (AvgIpc) is 2.53. The van der Waals surface area contributed by atoms with Crippen LogP contribution in [0.15, 0.2) is 41.3 Å². The van der Waals surface area contributed by atoms with Gasteiger partial charge in [0.25, 0.3) is 5.91 Å². The second-order valence-electron chi connectivity index (χ2n) is 5.39. The zero-order valence-electron chi connectivity index (χ0n) is 12.8. The highest BCUT2D eigenvalue weighted by molar-refractivity contribution is 7.87. The van der Waals surface area contributed by atoms with Crippen molar-refractivity contribution in [1.29, 1.82) is 0 Å². The third-order valence-corrected chi connectivity index (χ3v) is 4.93. The van der Waals surface area contributed by atoms with E-state index in [2.05, 4.69) is 5.32 Å². The second-order valence-corrected chi connectivity index (χ2v) is 6.90. The Hall–Kier alpha value is -2.94. The Bertz CT molecular complexity index is 988. The number of nitrogens with one attached hydrogen (secondary N) is 1. The molecule has 0 aliphatic carbocycles. The smallest absolute Gasteiger partial charge is 0.342 e. The lowest BCUT2D eigenvalue weighted by Gasteiger charge is -2.18. The molecule has 0 aromatic heterocycles. The van der Waals surface area contributed by atoms with Crippen LogP contribution in [0.4, 0.5) is 10.1 Å². The van der Waals surface area contributed by atoms with Crippen molar-refractivity contribution in [3.8, 4) is 5.75 Å². The molecule has 1 heterocycles. The number of hydrogen-bond acceptors (Lipinski definition) is 5. The van der Waals surface area contributed by atoms with Gasteiger partial charge >= 0.3 is 10.1 Å². The lowest BCUT2D eigenvalue weighted by molar-refractivity contribution is -0.116. The third-order valence-electron chi connectivity index (χ3n) is 3.67. The molecule has 2 amide bonds. The number of para-hydroxylation sites is 1. The minimum atomic E-state index is -4.54. The number of rotatable bonds is 4. The normalized spacial score (nSPS) is 13.7. The highest BCUT2D eigenvalue weighted by Crippen LogP contribution is 2.30. The van der Waals surface area contributed by atoms with Gasteiger partial charge in [-0.2, -0.15) is 8.42 Å². The van der Waals surface area contributed by atoms with Crippen LogP contribution in [0, 0.1) is 5.82 Å². The van der Waals surface area contributed by atoms with Crippen LogP contribution in [0.25, 0.3) is 0 Å². The van der Waals surface area contributed by atoms with Gasteiger partial charge < -0.3 is 15.2 Å². The fraction of sp³-hybridized carbons (Fsp3) is 0.125. The third kappa shape index (κ3) is 3.31. The average molecular weight is 364 g/mol. The molecule has 7 nitrogen and oxygen atoms in total. The van der Waals surface area contributed by atoms with Crippen molar-refractivity contribution in [1.82, 2.24) is 0 Å². The molecule has 0 unspecified atom stereocenters. The summed E-state index contributed by atoms with van der Waals surface area (Å²) in [5, 5.41) is 2.48. The van der Waals surface area contributed by atoms with Gasteiger partial charge in [-0.05, 0) is 36.2 Å². The predicted octanol–water partition coefficient (Wildman–Crippen LogP) is 1.58. The molecule has 0 radical (unpaired) electrons. The summed E-state index contributed by atoms with van der Waals surface area (Å²) in [4.78, 5) is 22.0. The molecular weight excluding hydrogens is 351 g/mol. The van der Waals surface area contributed by atoms with Gasteiger partial charge in [0.2, 0.25) is 5.91 Å². The number of nitrogens with two attached hydrogens (primary N) is 1. The fourth-order valence-electron chi connectivity index (χ4n) is 2.48. The van der Waals surface area contributed by atoms with Crippen molar-refractivity contribution in [3.05, 3.63) is 53.3 Å². The molecule has 3 rings (SSSR count). The first kappa shape index (κ1) is 16.9. The van der Waals surface area contributed by atoms with Gasteiger partial charge in [-0.1, -0.05) is 12.1 Å². The van der Waals surface area contributed by atoms with Crippen LogP contribution >= 0.6 is 0 Å². The van der Waals surface area contributed by atoms with E-state index in [4.69, 9.17) is 9.92 Å². The molecule has 0 saturated carbocycles. The lowest BCUT2D eigenvalue weighted by atomic mass is 10.0. The Morgan fingerprint density at radius 1 is 1.20 bits per heavy atom. The maximum atomic E-state index is 14.3. The monoisotopic (exact) mass is 364 g/mol. The molecule has 0 fully saturated rings. The van der Waals surface area contributed by atoms with Crippen molar-refractivity contribution < 1.29 is 26.6 Å². The summed E-state index contributed by atoms with van der Waals surface area (Å²) in [5.41, 5.74) is 5.74. The number of carbonyl (C=O) groups excluding carboxylic acids is 2. The van der Waals surface area contributed by atoms with Gasteiger partial charge in [-0.3, -0.25) is 9.59 Å². The van der Waals surface area contributed by atoms with Crippen LogP contribution < -0.4 is 15.2 Å². The molecule has 3 N–H and O–H groups in total. The van der Waals surface area contributed by atoms with Crippen LogP contribution in [0.5, 0.6) is 5.75 Å². The Morgan fingerprint density at radius 2 is 1.92 bits per heavy atom. The lowest BCUT2D eigenvalue weighted by Crippen LogP contribution is -2.21. The molecule has 25 heavy (non-hydrogen) atoms. The summed E-state index contributed by atoms with van der Waals surface area (Å²) in [6.45, 7) is 0. The van der Waals surface area contributed by atoms with Crippen LogP contribution in [-0.4, -0.2) is 20.2 Å². The number of fused-ring (bicyclic) bond motifs is 1. The minimum absolute atomic E-state index is 0.142. The van der Waals surface area contributed by atoms with Gasteiger partial charge in [0.1, 0.15) is 10.7 Å². The van der Waals surface area contributed by atoms with E-state index in [1.807, 2.05) is 0 Å². The topological polar surface area (TPSA) is 116 Å². The molecule has 130 valence electrons. The molecule has 0 spiro atoms. The predicted molar refractivity (Wildman–Crippen MR) is 86.1 cm³/mol. The molecule has 0 atom stereocenters. The summed E-state index contributed by atoms with van der Waals surface area (Å²) >= 11 is 0. The molecule has 2 aromatic carbocycles. The standard InChI is InChI=1S/C16H13FN2O5S/c17-11-8-12-9(5-6-15(20)19-12)7-14(11)25(22,23)24-13-4-2-1-3-10(13)16(18)21/h1-4,7-8H,5-6H2,(H2,18,21)(H,19,20). The number of amides is 2. The Morgan fingerprint density at radius 3 is 2.64 bits per heavy atom. The molecule has 1 aliphatic rings. The summed E-state index contributed by atoms with van der Waals surface area (Å²) in [6.07, 6.45) is 0.450. The summed E-state index contributed by atoms with van der Waals surface area (Å²) in [5.74, 6) is -2.51. The minimum Gasteiger partial charge on any atom is -0.378 e. The van der Waals surface area contributed by atoms with Crippen LogP contribution in [0.2, 0.25) is 0 Å². The number of halogens is 1. The summed E-state index contributed by atoms with van der Waals surface area (Å²) in [6, 6.07) is 7.53. The first-order valence-electron chi connectivity index (χ1n) is 7.23. The van der Waals surface area contributed by atoms with Gasteiger partial charge in [-0.15, -0.1) is 0 Å². The van der Waals surface area contributed by atoms with E-state index in [0.717, 1.165) is 12.1 Å². The zero-order chi connectivity index (χ0) is 18.2. The van der Waals surface area contributed by atoms with Gasteiger partial charge in [-0.25, -0.2) is 4.39 Å². The Labute approximate surface area is 142 Å². The quantitative estimate of drug-likeness (QED) is 0.799. The maximum Gasteiger partial charge on any atom is 0.342 e. The number of anilines is 1. The highest BCUT2D eigenvalue weighted by Gasteiger charge is 2.27. The SMILES string of the molecule is NC(=O)c1ccccc1OS(=O)(=O)c1cc2c(cc1F)NC(=O)CC2. The first-order valence-corrected chi connectivity index (χ1v) is 8.64. The molecule has 1 aliphatic heterocycles. The molecule has 9 heteroatoms. The number of aryl methyl sites for hydroxylation is 1. The summed E-state index contributed by atoms with van der Waals surface area (Å²) < 4.78 is 44.1. The fourth-order valence-corrected chi connectivity index (χ4v) is 3.53. The second kappa shape index (κ2) is 6.17. The van der Waals surface area contributed by atoms with E-state index in [9.17, 15) is 22.4 Å². The molecule has 0 bridgehead atoms. The molecular formula is C16H13FN2O5S. The number of hydrogen-bond donors (Lipinski definition) is 2. The van der Waals surface area contributed by atoms with Gasteiger partial charge in [0.05, 0.1) is 5.56 Å². The number of primary amides is 1. The van der Waals surface area contributed by atoms with E-state index in [0.29, 0.717) is 5.56 Å². The number of carbonyl (C=O) groups is 2. The number of benzene rings is 2. The van der Waals surface area contributed by atoms with E-state index in [1.54, 1.807) is 0 Å². The summed E-state index contributed by atoms with van der Waals surface area (Å²) in [7, 11) is -4.54. The van der Waals surface area contributed by atoms with E-state index >= 15 is 0 Å². The van der Waals surface area contributed by atoms with Crippen LogP contribution in [0.1, 0.15) is 22.3 Å². The van der Waals surface area contributed by atoms with Crippen molar-refractivity contribution >= 4 is 27.6 Å².